The van der Waals surface area contributed by atoms with E-state index in [0.717, 1.165) is 29.5 Å². The second kappa shape index (κ2) is 8.78. The number of hydrogen-bond donors (Lipinski definition) is 1. The van der Waals surface area contributed by atoms with Crippen molar-refractivity contribution in [3.63, 3.8) is 0 Å². The molecule has 0 spiro atoms. The van der Waals surface area contributed by atoms with E-state index in [-0.39, 0.29) is 11.5 Å². The Kier molecular flexibility index (Phi) is 7.35. The summed E-state index contributed by atoms with van der Waals surface area (Å²) in [5, 5.41) is 9.61. The Morgan fingerprint density at radius 2 is 1.55 bits per heavy atom. The highest BCUT2D eigenvalue weighted by Gasteiger charge is 2.11. The first-order chi connectivity index (χ1) is 9.56. The van der Waals surface area contributed by atoms with Crippen LogP contribution in [0.25, 0.3) is 0 Å². The lowest BCUT2D eigenvalue weighted by molar-refractivity contribution is 0.0978. The van der Waals surface area contributed by atoms with E-state index in [4.69, 9.17) is 0 Å². The van der Waals surface area contributed by atoms with Gasteiger partial charge in [0.05, 0.1) is 0 Å². The Balaban J connectivity index is 2.34. The summed E-state index contributed by atoms with van der Waals surface area (Å²) in [7, 11) is 0. The number of aryl methyl sites for hydroxylation is 2. The summed E-state index contributed by atoms with van der Waals surface area (Å²) >= 11 is 0. The van der Waals surface area contributed by atoms with E-state index < -0.39 is 0 Å². The zero-order valence-electron chi connectivity index (χ0n) is 13.2. The molecule has 0 aliphatic carbocycles. The molecule has 1 aromatic rings. The van der Waals surface area contributed by atoms with Gasteiger partial charge in [0.15, 0.2) is 5.78 Å². The van der Waals surface area contributed by atoms with E-state index in [1.54, 1.807) is 6.07 Å². The maximum absolute atomic E-state index is 12.2. The third-order valence-corrected chi connectivity index (χ3v) is 3.85. The maximum atomic E-state index is 12.2. The highest BCUT2D eigenvalue weighted by Crippen LogP contribution is 2.23. The molecule has 0 atom stereocenters. The van der Waals surface area contributed by atoms with Crippen molar-refractivity contribution in [1.29, 1.82) is 0 Å². The fraction of sp³-hybridized carbons (Fsp3) is 0.611. The van der Waals surface area contributed by atoms with Crippen molar-refractivity contribution in [3.05, 3.63) is 28.8 Å². The summed E-state index contributed by atoms with van der Waals surface area (Å²) in [6.07, 6.45) is 9.19. The van der Waals surface area contributed by atoms with Crippen LogP contribution in [0.15, 0.2) is 12.1 Å². The van der Waals surface area contributed by atoms with Crippen LogP contribution in [0.4, 0.5) is 0 Å². The summed E-state index contributed by atoms with van der Waals surface area (Å²) in [6, 6.07) is 3.50. The molecule has 0 unspecified atom stereocenters. The third kappa shape index (κ3) is 5.36. The number of phenolic OH excluding ortho intramolecular Hbond substituents is 1. The first-order valence-corrected chi connectivity index (χ1v) is 7.89. The highest BCUT2D eigenvalue weighted by atomic mass is 16.3. The van der Waals surface area contributed by atoms with Gasteiger partial charge in [-0.2, -0.15) is 0 Å². The molecule has 0 aromatic heterocycles. The van der Waals surface area contributed by atoms with Crippen LogP contribution in [-0.4, -0.2) is 10.9 Å². The second-order valence-corrected chi connectivity index (χ2v) is 5.75. The minimum absolute atomic E-state index is 0.208. The fourth-order valence-corrected chi connectivity index (χ4v) is 2.48. The number of Topliss-reactive ketones (excluding diaryl/α,β-unsaturated/α-hetero) is 1. The molecule has 0 saturated carbocycles. The van der Waals surface area contributed by atoms with Gasteiger partial charge in [-0.1, -0.05) is 45.4 Å². The van der Waals surface area contributed by atoms with E-state index in [2.05, 4.69) is 6.92 Å². The first-order valence-electron chi connectivity index (χ1n) is 7.89. The molecule has 2 nitrogen and oxygen atoms in total. The van der Waals surface area contributed by atoms with Crippen LogP contribution >= 0.6 is 0 Å². The molecule has 0 radical (unpaired) electrons. The number of benzene rings is 1. The smallest absolute Gasteiger partial charge is 0.163 e. The molecule has 1 aromatic carbocycles. The SMILES string of the molecule is CCCCCCCCCC(=O)c1cc(C)c(O)cc1C. The molecule has 0 saturated heterocycles. The molecule has 2 heteroatoms. The monoisotopic (exact) mass is 276 g/mol. The van der Waals surface area contributed by atoms with Crippen molar-refractivity contribution in [2.24, 2.45) is 0 Å². The lowest BCUT2D eigenvalue weighted by Crippen LogP contribution is -2.02. The number of ketones is 1. The number of hydrogen-bond acceptors (Lipinski definition) is 2. The molecule has 0 amide bonds. The normalized spacial score (nSPS) is 10.8. The lowest BCUT2D eigenvalue weighted by atomic mass is 9.97. The average molecular weight is 276 g/mol. The maximum Gasteiger partial charge on any atom is 0.163 e. The van der Waals surface area contributed by atoms with Crippen molar-refractivity contribution in [3.8, 4) is 5.75 Å². The van der Waals surface area contributed by atoms with Crippen LogP contribution in [0.1, 0.15) is 79.8 Å². The van der Waals surface area contributed by atoms with Gasteiger partial charge >= 0.3 is 0 Å². The molecule has 1 rings (SSSR count). The molecular weight excluding hydrogens is 248 g/mol. The van der Waals surface area contributed by atoms with E-state index in [0.29, 0.717) is 6.42 Å². The number of carbonyl (C=O) groups is 1. The van der Waals surface area contributed by atoms with Crippen LogP contribution in [0, 0.1) is 13.8 Å². The zero-order chi connectivity index (χ0) is 15.0. The highest BCUT2D eigenvalue weighted by molar-refractivity contribution is 5.97. The van der Waals surface area contributed by atoms with Crippen molar-refractivity contribution in [1.82, 2.24) is 0 Å². The molecular formula is C18H28O2. The molecule has 0 bridgehead atoms. The van der Waals surface area contributed by atoms with Crippen LogP contribution in [-0.2, 0) is 0 Å². The topological polar surface area (TPSA) is 37.3 Å². The van der Waals surface area contributed by atoms with Crippen molar-refractivity contribution < 1.29 is 9.90 Å². The predicted octanol–water partition coefficient (Wildman–Crippen LogP) is 5.33. The van der Waals surface area contributed by atoms with Gasteiger partial charge in [0.1, 0.15) is 5.75 Å². The summed E-state index contributed by atoms with van der Waals surface area (Å²) in [5.74, 6) is 0.481. The Hall–Kier alpha value is -1.31. The Morgan fingerprint density at radius 3 is 2.20 bits per heavy atom. The molecule has 0 aliphatic heterocycles. The minimum Gasteiger partial charge on any atom is -0.508 e. The van der Waals surface area contributed by atoms with E-state index in [1.807, 2.05) is 19.9 Å². The van der Waals surface area contributed by atoms with Gasteiger partial charge in [0.2, 0.25) is 0 Å². The third-order valence-electron chi connectivity index (χ3n) is 3.85. The largest absolute Gasteiger partial charge is 0.508 e. The van der Waals surface area contributed by atoms with Crippen LogP contribution in [0.2, 0.25) is 0 Å². The number of phenols is 1. The first kappa shape index (κ1) is 16.7. The van der Waals surface area contributed by atoms with Crippen LogP contribution < -0.4 is 0 Å². The molecule has 0 heterocycles. The summed E-state index contributed by atoms with van der Waals surface area (Å²) in [4.78, 5) is 12.2. The fourth-order valence-electron chi connectivity index (χ4n) is 2.48. The minimum atomic E-state index is 0.208. The van der Waals surface area contributed by atoms with E-state index in [9.17, 15) is 9.90 Å². The molecule has 0 aliphatic rings. The summed E-state index contributed by atoms with van der Waals surface area (Å²) in [6.45, 7) is 5.94. The van der Waals surface area contributed by atoms with Crippen LogP contribution in [0.3, 0.4) is 0 Å². The molecule has 20 heavy (non-hydrogen) atoms. The second-order valence-electron chi connectivity index (χ2n) is 5.75. The quantitative estimate of drug-likeness (QED) is 0.488. The van der Waals surface area contributed by atoms with Crippen LogP contribution in [0.5, 0.6) is 5.75 Å². The number of aromatic hydroxyl groups is 1. The van der Waals surface area contributed by atoms with Crippen molar-refractivity contribution >= 4 is 5.78 Å². The van der Waals surface area contributed by atoms with E-state index >= 15 is 0 Å². The Bertz CT molecular complexity index is 435. The van der Waals surface area contributed by atoms with Gasteiger partial charge < -0.3 is 5.11 Å². The number of carbonyl (C=O) groups excluding carboxylic acids is 1. The molecule has 1 N–H and O–H groups in total. The van der Waals surface area contributed by atoms with Gasteiger partial charge in [0.25, 0.3) is 0 Å². The summed E-state index contributed by atoms with van der Waals surface area (Å²) < 4.78 is 0. The van der Waals surface area contributed by atoms with Crippen molar-refractivity contribution in [2.45, 2.75) is 72.1 Å². The van der Waals surface area contributed by atoms with Crippen molar-refractivity contribution in [2.75, 3.05) is 0 Å². The predicted molar refractivity (Wildman–Crippen MR) is 84.5 cm³/mol. The molecule has 112 valence electrons. The van der Waals surface area contributed by atoms with Gasteiger partial charge in [-0.15, -0.1) is 0 Å². The molecule has 0 fully saturated rings. The number of rotatable bonds is 9. The van der Waals surface area contributed by atoms with Gasteiger partial charge in [-0.25, -0.2) is 0 Å². The Morgan fingerprint density at radius 1 is 0.950 bits per heavy atom. The average Bonchev–Trinajstić information content (AvgIpc) is 2.41. The van der Waals surface area contributed by atoms with Gasteiger partial charge in [0, 0.05) is 12.0 Å². The Labute approximate surface area is 123 Å². The van der Waals surface area contributed by atoms with Gasteiger partial charge in [-0.05, 0) is 43.5 Å². The van der Waals surface area contributed by atoms with E-state index in [1.165, 1.54) is 32.1 Å². The summed E-state index contributed by atoms with van der Waals surface area (Å²) in [5.41, 5.74) is 2.42. The zero-order valence-corrected chi connectivity index (χ0v) is 13.2. The van der Waals surface area contributed by atoms with Gasteiger partial charge in [-0.3, -0.25) is 4.79 Å². The number of unbranched alkanes of at least 4 members (excludes halogenated alkanes) is 6. The lowest BCUT2D eigenvalue weighted by Gasteiger charge is -2.08. The standard InChI is InChI=1S/C18H28O2/c1-4-5-6-7-8-9-10-11-17(19)16-12-15(3)18(20)13-14(16)2/h12-13,20H,4-11H2,1-3H3.